The van der Waals surface area contributed by atoms with Crippen LogP contribution in [0.25, 0.3) is 11.1 Å². The molecule has 0 saturated heterocycles. The molecule has 0 aliphatic rings. The van der Waals surface area contributed by atoms with E-state index in [0.29, 0.717) is 16.6 Å². The van der Waals surface area contributed by atoms with Crippen molar-refractivity contribution in [3.63, 3.8) is 0 Å². The molecule has 2 rings (SSSR count). The Morgan fingerprint density at radius 3 is 2.28 bits per heavy atom. The molecule has 5 heteroatoms. The van der Waals surface area contributed by atoms with Crippen molar-refractivity contribution in [2.75, 3.05) is 0 Å². The topological polar surface area (TPSA) is 26.0 Å². The van der Waals surface area contributed by atoms with Gasteiger partial charge < -0.3 is 5.73 Å². The van der Waals surface area contributed by atoms with Crippen molar-refractivity contribution in [2.45, 2.75) is 6.54 Å². The molecular formula is C13H11Cl3FN. The lowest BCUT2D eigenvalue weighted by molar-refractivity contribution is 0.626. The first-order chi connectivity index (χ1) is 8.10. The van der Waals surface area contributed by atoms with Crippen LogP contribution in [-0.2, 0) is 6.54 Å². The standard InChI is InChI=1S/C13H10Cl2FN.ClH/c14-12-2-1-9(6-13(12)15)10-3-8(7-17)4-11(16)5-10;/h1-6H,7,17H2;1H. The van der Waals surface area contributed by atoms with Crippen LogP contribution in [0, 0.1) is 5.82 Å². The molecule has 0 aromatic heterocycles. The normalized spacial score (nSPS) is 10.0. The average Bonchev–Trinajstić information content (AvgIpc) is 2.32. The molecule has 2 aromatic carbocycles. The molecule has 0 aliphatic carbocycles. The van der Waals surface area contributed by atoms with E-state index in [9.17, 15) is 4.39 Å². The molecule has 0 spiro atoms. The Morgan fingerprint density at radius 2 is 1.67 bits per heavy atom. The summed E-state index contributed by atoms with van der Waals surface area (Å²) < 4.78 is 13.4. The SMILES string of the molecule is Cl.NCc1cc(F)cc(-c2ccc(Cl)c(Cl)c2)c1. The maximum atomic E-state index is 13.4. The Morgan fingerprint density at radius 1 is 0.944 bits per heavy atom. The second-order valence-electron chi connectivity index (χ2n) is 3.68. The van der Waals surface area contributed by atoms with Gasteiger partial charge in [0.25, 0.3) is 0 Å². The summed E-state index contributed by atoms with van der Waals surface area (Å²) in [5, 5.41) is 0.925. The summed E-state index contributed by atoms with van der Waals surface area (Å²) in [6, 6.07) is 9.89. The summed E-state index contributed by atoms with van der Waals surface area (Å²) >= 11 is 11.8. The van der Waals surface area contributed by atoms with Gasteiger partial charge in [-0.25, -0.2) is 4.39 Å². The molecule has 18 heavy (non-hydrogen) atoms. The maximum absolute atomic E-state index is 13.4. The van der Waals surface area contributed by atoms with Gasteiger partial charge in [-0.3, -0.25) is 0 Å². The van der Waals surface area contributed by atoms with Crippen LogP contribution in [0.2, 0.25) is 10.0 Å². The van der Waals surface area contributed by atoms with E-state index in [1.165, 1.54) is 12.1 Å². The minimum absolute atomic E-state index is 0. The van der Waals surface area contributed by atoms with Gasteiger partial charge in [0.1, 0.15) is 5.82 Å². The Kier molecular flexibility index (Phi) is 5.42. The predicted octanol–water partition coefficient (Wildman–Crippen LogP) is 4.68. The number of halogens is 4. The lowest BCUT2D eigenvalue weighted by Crippen LogP contribution is -1.97. The van der Waals surface area contributed by atoms with Crippen LogP contribution in [-0.4, -0.2) is 0 Å². The summed E-state index contributed by atoms with van der Waals surface area (Å²) in [5.74, 6) is -0.311. The van der Waals surface area contributed by atoms with Gasteiger partial charge in [-0.1, -0.05) is 29.3 Å². The summed E-state index contributed by atoms with van der Waals surface area (Å²) in [5.41, 5.74) is 7.80. The molecule has 0 aliphatic heterocycles. The lowest BCUT2D eigenvalue weighted by Gasteiger charge is -2.06. The van der Waals surface area contributed by atoms with Crippen molar-refractivity contribution < 1.29 is 4.39 Å². The molecule has 0 atom stereocenters. The summed E-state index contributed by atoms with van der Waals surface area (Å²) in [4.78, 5) is 0. The van der Waals surface area contributed by atoms with E-state index in [1.807, 2.05) is 6.07 Å². The van der Waals surface area contributed by atoms with Gasteiger partial charge in [-0.15, -0.1) is 12.4 Å². The summed E-state index contributed by atoms with van der Waals surface area (Å²) in [6.45, 7) is 0.298. The van der Waals surface area contributed by atoms with E-state index in [1.54, 1.807) is 18.2 Å². The van der Waals surface area contributed by atoms with Gasteiger partial charge >= 0.3 is 0 Å². The van der Waals surface area contributed by atoms with Crippen LogP contribution in [0.5, 0.6) is 0 Å². The first-order valence-corrected chi connectivity index (χ1v) is 5.80. The van der Waals surface area contributed by atoms with Crippen molar-refractivity contribution in [1.29, 1.82) is 0 Å². The van der Waals surface area contributed by atoms with Gasteiger partial charge in [0.2, 0.25) is 0 Å². The third-order valence-electron chi connectivity index (χ3n) is 2.45. The van der Waals surface area contributed by atoms with Crippen LogP contribution >= 0.6 is 35.6 Å². The Labute approximate surface area is 121 Å². The highest BCUT2D eigenvalue weighted by Gasteiger charge is 2.05. The molecule has 0 amide bonds. The van der Waals surface area contributed by atoms with Crippen molar-refractivity contribution in [2.24, 2.45) is 5.73 Å². The maximum Gasteiger partial charge on any atom is 0.124 e. The number of nitrogens with two attached hydrogens (primary N) is 1. The van der Waals surface area contributed by atoms with Crippen LogP contribution in [0.3, 0.4) is 0 Å². The molecule has 2 N–H and O–H groups in total. The van der Waals surface area contributed by atoms with Crippen molar-refractivity contribution in [3.05, 3.63) is 57.8 Å². The molecular weight excluding hydrogens is 296 g/mol. The summed E-state index contributed by atoms with van der Waals surface area (Å²) in [7, 11) is 0. The number of rotatable bonds is 2. The lowest BCUT2D eigenvalue weighted by atomic mass is 10.0. The smallest absolute Gasteiger partial charge is 0.124 e. The van der Waals surface area contributed by atoms with Gasteiger partial charge in [0.05, 0.1) is 10.0 Å². The molecule has 0 saturated carbocycles. The zero-order valence-electron chi connectivity index (χ0n) is 9.29. The first kappa shape index (κ1) is 15.3. The molecule has 0 radical (unpaired) electrons. The number of hydrogen-bond acceptors (Lipinski definition) is 1. The average molecular weight is 307 g/mol. The molecule has 0 fully saturated rings. The second-order valence-corrected chi connectivity index (χ2v) is 4.50. The van der Waals surface area contributed by atoms with E-state index < -0.39 is 0 Å². The molecule has 0 unspecified atom stereocenters. The Balaban J connectivity index is 0.00000162. The van der Waals surface area contributed by atoms with Crippen LogP contribution < -0.4 is 5.73 Å². The highest BCUT2D eigenvalue weighted by Crippen LogP contribution is 2.29. The van der Waals surface area contributed by atoms with Crippen molar-refractivity contribution in [3.8, 4) is 11.1 Å². The van der Waals surface area contributed by atoms with Crippen LogP contribution in [0.4, 0.5) is 4.39 Å². The first-order valence-electron chi connectivity index (χ1n) is 5.05. The predicted molar refractivity (Wildman–Crippen MR) is 77.0 cm³/mol. The monoisotopic (exact) mass is 305 g/mol. The van der Waals surface area contributed by atoms with Crippen LogP contribution in [0.15, 0.2) is 36.4 Å². The molecule has 0 bridgehead atoms. The highest BCUT2D eigenvalue weighted by molar-refractivity contribution is 6.42. The quantitative estimate of drug-likeness (QED) is 0.856. The van der Waals surface area contributed by atoms with E-state index in [-0.39, 0.29) is 18.2 Å². The fourth-order valence-corrected chi connectivity index (χ4v) is 1.91. The minimum Gasteiger partial charge on any atom is -0.326 e. The third-order valence-corrected chi connectivity index (χ3v) is 3.19. The van der Waals surface area contributed by atoms with Gasteiger partial charge in [-0.2, -0.15) is 0 Å². The van der Waals surface area contributed by atoms with Crippen LogP contribution in [0.1, 0.15) is 5.56 Å². The van der Waals surface area contributed by atoms with Crippen molar-refractivity contribution >= 4 is 35.6 Å². The third kappa shape index (κ3) is 3.36. The minimum atomic E-state index is -0.311. The van der Waals surface area contributed by atoms with Gasteiger partial charge in [0.15, 0.2) is 0 Å². The highest BCUT2D eigenvalue weighted by atomic mass is 35.5. The largest absolute Gasteiger partial charge is 0.326 e. The second kappa shape index (κ2) is 6.39. The van der Waals surface area contributed by atoms with Gasteiger partial charge in [-0.05, 0) is 47.0 Å². The number of hydrogen-bond donors (Lipinski definition) is 1. The fraction of sp³-hybridized carbons (Fsp3) is 0.0769. The summed E-state index contributed by atoms with van der Waals surface area (Å²) in [6.07, 6.45) is 0. The zero-order chi connectivity index (χ0) is 12.4. The van der Waals surface area contributed by atoms with Gasteiger partial charge in [0, 0.05) is 6.54 Å². The van der Waals surface area contributed by atoms with Crippen molar-refractivity contribution in [1.82, 2.24) is 0 Å². The van der Waals surface area contributed by atoms with E-state index >= 15 is 0 Å². The molecule has 0 heterocycles. The Hall–Kier alpha value is -0.800. The fourth-order valence-electron chi connectivity index (χ4n) is 1.61. The number of benzene rings is 2. The molecule has 1 nitrogen and oxygen atoms in total. The zero-order valence-corrected chi connectivity index (χ0v) is 11.6. The van der Waals surface area contributed by atoms with E-state index in [0.717, 1.165) is 16.7 Å². The molecule has 96 valence electrons. The van der Waals surface area contributed by atoms with E-state index in [2.05, 4.69) is 0 Å². The Bertz CT molecular complexity index is 558. The van der Waals surface area contributed by atoms with E-state index in [4.69, 9.17) is 28.9 Å². The molecule has 2 aromatic rings.